The first-order chi connectivity index (χ1) is 9.47. The van der Waals surface area contributed by atoms with E-state index in [2.05, 4.69) is 19.9 Å². The SMILES string of the molecule is Cc1ccc(Oc2cccc(Cl)c2CC(C)N)cc1C. The Kier molecular flexibility index (Phi) is 4.69. The van der Waals surface area contributed by atoms with E-state index in [4.69, 9.17) is 22.1 Å². The van der Waals surface area contributed by atoms with Gasteiger partial charge in [0.25, 0.3) is 0 Å². The van der Waals surface area contributed by atoms with Gasteiger partial charge in [0.15, 0.2) is 0 Å². The predicted molar refractivity (Wildman–Crippen MR) is 84.8 cm³/mol. The van der Waals surface area contributed by atoms with E-state index < -0.39 is 0 Å². The Balaban J connectivity index is 2.32. The summed E-state index contributed by atoms with van der Waals surface area (Å²) in [5, 5.41) is 0.698. The van der Waals surface area contributed by atoms with Crippen LogP contribution < -0.4 is 10.5 Å². The van der Waals surface area contributed by atoms with Crippen LogP contribution in [-0.2, 0) is 6.42 Å². The Morgan fingerprint density at radius 3 is 2.55 bits per heavy atom. The van der Waals surface area contributed by atoms with Crippen LogP contribution in [0.3, 0.4) is 0 Å². The zero-order valence-corrected chi connectivity index (χ0v) is 12.9. The topological polar surface area (TPSA) is 35.2 Å². The molecule has 0 fully saturated rings. The third-order valence-electron chi connectivity index (χ3n) is 3.31. The molecule has 3 heteroatoms. The van der Waals surface area contributed by atoms with Crippen molar-refractivity contribution < 1.29 is 4.74 Å². The quantitative estimate of drug-likeness (QED) is 0.890. The lowest BCUT2D eigenvalue weighted by Crippen LogP contribution is -2.18. The van der Waals surface area contributed by atoms with E-state index >= 15 is 0 Å². The number of ether oxygens (including phenoxy) is 1. The Bertz CT molecular complexity index is 608. The van der Waals surface area contributed by atoms with Crippen LogP contribution in [-0.4, -0.2) is 6.04 Å². The fourth-order valence-corrected chi connectivity index (χ4v) is 2.30. The molecule has 0 bridgehead atoms. The second kappa shape index (κ2) is 6.29. The summed E-state index contributed by atoms with van der Waals surface area (Å²) in [7, 11) is 0. The standard InChI is InChI=1S/C17H20ClNO/c1-11-7-8-14(9-12(11)2)20-17-6-4-5-16(18)15(17)10-13(3)19/h4-9,13H,10,19H2,1-3H3. The summed E-state index contributed by atoms with van der Waals surface area (Å²) < 4.78 is 5.99. The summed E-state index contributed by atoms with van der Waals surface area (Å²) in [5.41, 5.74) is 9.30. The summed E-state index contributed by atoms with van der Waals surface area (Å²) in [6, 6.07) is 11.8. The van der Waals surface area contributed by atoms with Gasteiger partial charge in [-0.05, 0) is 62.6 Å². The van der Waals surface area contributed by atoms with Crippen molar-refractivity contribution in [1.82, 2.24) is 0 Å². The molecule has 0 heterocycles. The Hall–Kier alpha value is -1.51. The molecule has 0 amide bonds. The summed E-state index contributed by atoms with van der Waals surface area (Å²) in [4.78, 5) is 0. The molecule has 2 nitrogen and oxygen atoms in total. The zero-order chi connectivity index (χ0) is 14.7. The number of hydrogen-bond donors (Lipinski definition) is 1. The average Bonchev–Trinajstić information content (AvgIpc) is 2.38. The second-order valence-corrected chi connectivity index (χ2v) is 5.65. The van der Waals surface area contributed by atoms with Gasteiger partial charge in [-0.2, -0.15) is 0 Å². The van der Waals surface area contributed by atoms with Crippen molar-refractivity contribution in [2.45, 2.75) is 33.2 Å². The molecule has 1 unspecified atom stereocenters. The van der Waals surface area contributed by atoms with E-state index in [9.17, 15) is 0 Å². The predicted octanol–water partition coefficient (Wildman–Crippen LogP) is 4.64. The largest absolute Gasteiger partial charge is 0.457 e. The molecule has 0 saturated carbocycles. The Morgan fingerprint density at radius 2 is 1.90 bits per heavy atom. The van der Waals surface area contributed by atoms with Gasteiger partial charge in [-0.15, -0.1) is 0 Å². The van der Waals surface area contributed by atoms with Gasteiger partial charge in [-0.3, -0.25) is 0 Å². The molecule has 0 aliphatic rings. The third kappa shape index (κ3) is 3.53. The number of rotatable bonds is 4. The van der Waals surface area contributed by atoms with Gasteiger partial charge in [0.05, 0.1) is 0 Å². The fraction of sp³-hybridized carbons (Fsp3) is 0.294. The van der Waals surface area contributed by atoms with Crippen LogP contribution in [0.1, 0.15) is 23.6 Å². The van der Waals surface area contributed by atoms with Crippen LogP contribution in [0.25, 0.3) is 0 Å². The first kappa shape index (κ1) is 14.9. The molecule has 0 aliphatic heterocycles. The zero-order valence-electron chi connectivity index (χ0n) is 12.1. The molecule has 106 valence electrons. The minimum atomic E-state index is 0.0389. The van der Waals surface area contributed by atoms with E-state index in [1.165, 1.54) is 11.1 Å². The van der Waals surface area contributed by atoms with Gasteiger partial charge >= 0.3 is 0 Å². The third-order valence-corrected chi connectivity index (χ3v) is 3.66. The molecule has 0 spiro atoms. The minimum Gasteiger partial charge on any atom is -0.457 e. The monoisotopic (exact) mass is 289 g/mol. The molecular formula is C17H20ClNO. The highest BCUT2D eigenvalue weighted by Gasteiger charge is 2.11. The molecule has 0 saturated heterocycles. The normalized spacial score (nSPS) is 12.2. The molecule has 0 radical (unpaired) electrons. The van der Waals surface area contributed by atoms with E-state index in [0.29, 0.717) is 11.4 Å². The van der Waals surface area contributed by atoms with E-state index in [1.807, 2.05) is 37.3 Å². The van der Waals surface area contributed by atoms with E-state index in [-0.39, 0.29) is 6.04 Å². The lowest BCUT2D eigenvalue weighted by Gasteiger charge is -2.15. The smallest absolute Gasteiger partial charge is 0.132 e. The van der Waals surface area contributed by atoms with E-state index in [0.717, 1.165) is 17.1 Å². The van der Waals surface area contributed by atoms with Crippen LogP contribution in [0.2, 0.25) is 5.02 Å². The highest BCUT2D eigenvalue weighted by atomic mass is 35.5. The summed E-state index contributed by atoms with van der Waals surface area (Å²) in [6.45, 7) is 6.12. The molecule has 20 heavy (non-hydrogen) atoms. The molecule has 2 aromatic rings. The molecule has 0 aliphatic carbocycles. The van der Waals surface area contributed by atoms with Crippen LogP contribution in [0, 0.1) is 13.8 Å². The number of nitrogens with two attached hydrogens (primary N) is 1. The Morgan fingerprint density at radius 1 is 1.15 bits per heavy atom. The van der Waals surface area contributed by atoms with Crippen molar-refractivity contribution in [3.05, 3.63) is 58.1 Å². The van der Waals surface area contributed by atoms with Gasteiger partial charge in [-0.25, -0.2) is 0 Å². The highest BCUT2D eigenvalue weighted by Crippen LogP contribution is 2.32. The second-order valence-electron chi connectivity index (χ2n) is 5.25. The maximum absolute atomic E-state index is 6.26. The highest BCUT2D eigenvalue weighted by molar-refractivity contribution is 6.31. The summed E-state index contributed by atoms with van der Waals surface area (Å²) in [6.07, 6.45) is 0.694. The maximum Gasteiger partial charge on any atom is 0.132 e. The number of aryl methyl sites for hydroxylation is 2. The molecule has 0 aromatic heterocycles. The van der Waals surface area contributed by atoms with Crippen molar-refractivity contribution in [3.8, 4) is 11.5 Å². The van der Waals surface area contributed by atoms with Gasteiger partial charge < -0.3 is 10.5 Å². The van der Waals surface area contributed by atoms with Crippen LogP contribution in [0.5, 0.6) is 11.5 Å². The van der Waals surface area contributed by atoms with Gasteiger partial charge in [0.2, 0.25) is 0 Å². The van der Waals surface area contributed by atoms with Crippen LogP contribution in [0.4, 0.5) is 0 Å². The van der Waals surface area contributed by atoms with Gasteiger partial charge in [0, 0.05) is 16.6 Å². The van der Waals surface area contributed by atoms with Crippen molar-refractivity contribution in [3.63, 3.8) is 0 Å². The first-order valence-corrected chi connectivity index (χ1v) is 7.13. The summed E-state index contributed by atoms with van der Waals surface area (Å²) >= 11 is 6.26. The van der Waals surface area contributed by atoms with Crippen molar-refractivity contribution >= 4 is 11.6 Å². The number of hydrogen-bond acceptors (Lipinski definition) is 2. The Labute approximate surface area is 125 Å². The van der Waals surface area contributed by atoms with Crippen LogP contribution in [0.15, 0.2) is 36.4 Å². The fourth-order valence-electron chi connectivity index (χ4n) is 2.06. The van der Waals surface area contributed by atoms with Gasteiger partial charge in [-0.1, -0.05) is 23.7 Å². The van der Waals surface area contributed by atoms with Gasteiger partial charge in [0.1, 0.15) is 11.5 Å². The minimum absolute atomic E-state index is 0.0389. The average molecular weight is 290 g/mol. The maximum atomic E-state index is 6.26. The molecule has 2 N–H and O–H groups in total. The molecule has 2 rings (SSSR count). The lowest BCUT2D eigenvalue weighted by molar-refractivity contribution is 0.473. The van der Waals surface area contributed by atoms with E-state index in [1.54, 1.807) is 0 Å². The van der Waals surface area contributed by atoms with Crippen molar-refractivity contribution in [1.29, 1.82) is 0 Å². The lowest BCUT2D eigenvalue weighted by atomic mass is 10.1. The first-order valence-electron chi connectivity index (χ1n) is 6.75. The number of benzene rings is 2. The summed E-state index contributed by atoms with van der Waals surface area (Å²) in [5.74, 6) is 1.60. The van der Waals surface area contributed by atoms with Crippen molar-refractivity contribution in [2.24, 2.45) is 5.73 Å². The molecular weight excluding hydrogens is 270 g/mol. The number of halogens is 1. The van der Waals surface area contributed by atoms with Crippen LogP contribution >= 0.6 is 11.6 Å². The molecule has 2 aromatic carbocycles. The molecule has 1 atom stereocenters. The van der Waals surface area contributed by atoms with Crippen molar-refractivity contribution in [2.75, 3.05) is 0 Å².